The van der Waals surface area contributed by atoms with Gasteiger partial charge in [0.25, 0.3) is 0 Å². The lowest BCUT2D eigenvalue weighted by atomic mass is 9.75. The summed E-state index contributed by atoms with van der Waals surface area (Å²) in [5.41, 5.74) is 4.60. The van der Waals surface area contributed by atoms with E-state index in [1.165, 1.54) is 7.11 Å². The summed E-state index contributed by atoms with van der Waals surface area (Å²) in [5, 5.41) is 12.1. The molecule has 1 aliphatic rings. The van der Waals surface area contributed by atoms with Crippen molar-refractivity contribution in [2.24, 2.45) is 11.7 Å². The first-order chi connectivity index (χ1) is 9.45. The lowest BCUT2D eigenvalue weighted by Gasteiger charge is -2.37. The Hall–Kier alpha value is -1.14. The normalized spacial score (nSPS) is 27.9. The van der Waals surface area contributed by atoms with Crippen LogP contribution >= 0.6 is 0 Å². The number of carbonyl (C=O) groups excluding carboxylic acids is 1. The highest BCUT2D eigenvalue weighted by molar-refractivity contribution is 5.89. The second-order valence-corrected chi connectivity index (χ2v) is 5.62. The van der Waals surface area contributed by atoms with Gasteiger partial charge in [-0.25, -0.2) is 4.79 Å². The average Bonchev–Trinajstić information content (AvgIpc) is 2.45. The van der Waals surface area contributed by atoms with Gasteiger partial charge < -0.3 is 20.9 Å². The number of nitrogens with one attached hydrogen (secondary N) is 1. The smallest absolute Gasteiger partial charge is 0.329 e. The topological polar surface area (TPSA) is 102 Å². The van der Waals surface area contributed by atoms with Crippen LogP contribution in [0.5, 0.6) is 0 Å². The molecule has 1 aliphatic carbocycles. The number of amides is 1. The van der Waals surface area contributed by atoms with Crippen LogP contribution in [0.3, 0.4) is 0 Å². The van der Waals surface area contributed by atoms with Crippen LogP contribution < -0.4 is 11.1 Å². The van der Waals surface area contributed by atoms with Crippen LogP contribution in [0.25, 0.3) is 0 Å². The maximum atomic E-state index is 12.0. The molecule has 1 amide bonds. The molecule has 4 N–H and O–H groups in total. The largest absolute Gasteiger partial charge is 0.480 e. The molecule has 6 heteroatoms. The zero-order valence-corrected chi connectivity index (χ0v) is 12.4. The SMILES string of the molecule is CCC1CCC(NC(=O)C(N)CCOC)(C(=O)O)CC1. The minimum absolute atomic E-state index is 0.382. The van der Waals surface area contributed by atoms with Crippen molar-refractivity contribution in [2.75, 3.05) is 13.7 Å². The number of nitrogens with two attached hydrogens (primary N) is 1. The summed E-state index contributed by atoms with van der Waals surface area (Å²) in [6, 6.07) is -0.727. The van der Waals surface area contributed by atoms with Crippen LogP contribution in [0.15, 0.2) is 0 Å². The second-order valence-electron chi connectivity index (χ2n) is 5.62. The molecular weight excluding hydrogens is 260 g/mol. The number of hydrogen-bond donors (Lipinski definition) is 3. The summed E-state index contributed by atoms with van der Waals surface area (Å²) < 4.78 is 4.88. The standard InChI is InChI=1S/C14H26N2O4/c1-3-10-4-7-14(8-5-10,13(18)19)16-12(17)11(15)6-9-20-2/h10-11H,3-9,15H2,1-2H3,(H,16,17)(H,18,19). The minimum Gasteiger partial charge on any atom is -0.480 e. The van der Waals surface area contributed by atoms with Gasteiger partial charge in [0.1, 0.15) is 5.54 Å². The molecular formula is C14H26N2O4. The third kappa shape index (κ3) is 4.18. The summed E-state index contributed by atoms with van der Waals surface area (Å²) in [4.78, 5) is 23.6. The van der Waals surface area contributed by atoms with Crippen molar-refractivity contribution >= 4 is 11.9 Å². The van der Waals surface area contributed by atoms with E-state index in [-0.39, 0.29) is 0 Å². The van der Waals surface area contributed by atoms with Gasteiger partial charge in [-0.05, 0) is 38.0 Å². The van der Waals surface area contributed by atoms with Crippen molar-refractivity contribution in [2.45, 2.75) is 57.0 Å². The highest BCUT2D eigenvalue weighted by Crippen LogP contribution is 2.34. The third-order valence-corrected chi connectivity index (χ3v) is 4.28. The molecule has 0 heterocycles. The zero-order chi connectivity index (χ0) is 15.2. The van der Waals surface area contributed by atoms with Crippen LogP contribution in [0, 0.1) is 5.92 Å². The Balaban J connectivity index is 2.64. The number of carboxylic acids is 1. The Labute approximate surface area is 120 Å². The Morgan fingerprint density at radius 2 is 2.05 bits per heavy atom. The molecule has 0 saturated heterocycles. The van der Waals surface area contributed by atoms with E-state index in [1.54, 1.807) is 0 Å². The van der Waals surface area contributed by atoms with Gasteiger partial charge in [-0.3, -0.25) is 4.79 Å². The molecule has 0 spiro atoms. The molecule has 1 rings (SSSR count). The molecule has 1 fully saturated rings. The molecule has 0 aromatic carbocycles. The molecule has 116 valence electrons. The zero-order valence-electron chi connectivity index (χ0n) is 12.4. The van der Waals surface area contributed by atoms with E-state index in [2.05, 4.69) is 12.2 Å². The Morgan fingerprint density at radius 3 is 2.50 bits per heavy atom. The number of ether oxygens (including phenoxy) is 1. The lowest BCUT2D eigenvalue weighted by Crippen LogP contribution is -2.59. The fourth-order valence-electron chi connectivity index (χ4n) is 2.68. The van der Waals surface area contributed by atoms with E-state index >= 15 is 0 Å². The molecule has 20 heavy (non-hydrogen) atoms. The maximum Gasteiger partial charge on any atom is 0.329 e. The number of methoxy groups -OCH3 is 1. The fourth-order valence-corrected chi connectivity index (χ4v) is 2.68. The monoisotopic (exact) mass is 286 g/mol. The molecule has 0 bridgehead atoms. The van der Waals surface area contributed by atoms with Gasteiger partial charge in [0.2, 0.25) is 5.91 Å². The van der Waals surface area contributed by atoms with Crippen LogP contribution in [0.4, 0.5) is 0 Å². The van der Waals surface area contributed by atoms with Crippen molar-refractivity contribution in [3.63, 3.8) is 0 Å². The first-order valence-electron chi connectivity index (χ1n) is 7.25. The van der Waals surface area contributed by atoms with E-state index in [0.717, 1.165) is 19.3 Å². The van der Waals surface area contributed by atoms with Crippen molar-refractivity contribution in [3.8, 4) is 0 Å². The van der Waals surface area contributed by atoms with Crippen LogP contribution in [-0.4, -0.2) is 42.3 Å². The van der Waals surface area contributed by atoms with Gasteiger partial charge in [0, 0.05) is 13.7 Å². The molecule has 1 unspecified atom stereocenters. The van der Waals surface area contributed by atoms with Gasteiger partial charge in [-0.2, -0.15) is 0 Å². The summed E-state index contributed by atoms with van der Waals surface area (Å²) in [7, 11) is 1.54. The van der Waals surface area contributed by atoms with E-state index in [1.807, 2.05) is 0 Å². The van der Waals surface area contributed by atoms with E-state index in [0.29, 0.717) is 31.8 Å². The van der Waals surface area contributed by atoms with Gasteiger partial charge in [0.15, 0.2) is 0 Å². The van der Waals surface area contributed by atoms with Crippen molar-refractivity contribution in [1.29, 1.82) is 0 Å². The summed E-state index contributed by atoms with van der Waals surface area (Å²) in [6.07, 6.45) is 4.05. The summed E-state index contributed by atoms with van der Waals surface area (Å²) in [6.45, 7) is 2.49. The fraction of sp³-hybridized carbons (Fsp3) is 0.857. The van der Waals surface area contributed by atoms with Crippen LogP contribution in [-0.2, 0) is 14.3 Å². The Kier molecular flexibility index (Phi) is 6.42. The number of rotatable bonds is 7. The maximum absolute atomic E-state index is 12.0. The third-order valence-electron chi connectivity index (χ3n) is 4.28. The van der Waals surface area contributed by atoms with Gasteiger partial charge >= 0.3 is 5.97 Å². The summed E-state index contributed by atoms with van der Waals surface area (Å²) >= 11 is 0. The number of hydrogen-bond acceptors (Lipinski definition) is 4. The molecule has 6 nitrogen and oxygen atoms in total. The van der Waals surface area contributed by atoms with E-state index in [4.69, 9.17) is 10.5 Å². The van der Waals surface area contributed by atoms with E-state index in [9.17, 15) is 14.7 Å². The minimum atomic E-state index is -1.15. The first-order valence-corrected chi connectivity index (χ1v) is 7.25. The van der Waals surface area contributed by atoms with Crippen molar-refractivity contribution < 1.29 is 19.4 Å². The quantitative estimate of drug-likeness (QED) is 0.645. The molecule has 1 atom stereocenters. The first kappa shape index (κ1) is 16.9. The number of carbonyl (C=O) groups is 2. The van der Waals surface area contributed by atoms with Gasteiger partial charge in [-0.1, -0.05) is 13.3 Å². The van der Waals surface area contributed by atoms with Crippen molar-refractivity contribution in [3.05, 3.63) is 0 Å². The lowest BCUT2D eigenvalue weighted by molar-refractivity contribution is -0.150. The van der Waals surface area contributed by atoms with Crippen LogP contribution in [0.2, 0.25) is 0 Å². The Morgan fingerprint density at radius 1 is 1.45 bits per heavy atom. The van der Waals surface area contributed by atoms with Gasteiger partial charge in [0.05, 0.1) is 6.04 Å². The van der Waals surface area contributed by atoms with Gasteiger partial charge in [-0.15, -0.1) is 0 Å². The summed E-state index contributed by atoms with van der Waals surface area (Å²) in [5.74, 6) is -0.805. The molecule has 0 aromatic rings. The highest BCUT2D eigenvalue weighted by Gasteiger charge is 2.43. The molecule has 0 aromatic heterocycles. The number of aliphatic carboxylic acids is 1. The predicted molar refractivity (Wildman–Crippen MR) is 75.2 cm³/mol. The molecule has 0 radical (unpaired) electrons. The molecule has 0 aliphatic heterocycles. The van der Waals surface area contributed by atoms with E-state index < -0.39 is 23.5 Å². The highest BCUT2D eigenvalue weighted by atomic mass is 16.5. The Bertz CT molecular complexity index is 338. The second kappa shape index (κ2) is 7.59. The number of carboxylic acid groups (broad SMARTS) is 1. The van der Waals surface area contributed by atoms with Crippen LogP contribution in [0.1, 0.15) is 45.4 Å². The molecule has 1 saturated carbocycles. The van der Waals surface area contributed by atoms with Crippen molar-refractivity contribution in [1.82, 2.24) is 5.32 Å². The predicted octanol–water partition coefficient (Wildman–Crippen LogP) is 0.890. The average molecular weight is 286 g/mol.